The van der Waals surface area contributed by atoms with Crippen molar-refractivity contribution in [3.05, 3.63) is 11.6 Å². The predicted octanol–water partition coefficient (Wildman–Crippen LogP) is 1.61. The Kier molecular flexibility index (Phi) is 2.91. The number of nitrogens with zero attached hydrogens (tertiary/aromatic N) is 2. The van der Waals surface area contributed by atoms with Crippen LogP contribution in [0.4, 0.5) is 4.39 Å². The third-order valence-corrected chi connectivity index (χ3v) is 3.44. The van der Waals surface area contributed by atoms with E-state index in [0.717, 1.165) is 25.9 Å². The highest BCUT2D eigenvalue weighted by atomic mass is 19.1. The van der Waals surface area contributed by atoms with Crippen molar-refractivity contribution in [2.45, 2.75) is 25.7 Å². The standard InChI is InChI=1S/C12H18FN3O/c13-10-11(16-5-1-2-6-16)14-8-15-12(10)17-7-9-3-4-9/h9,14H,1-8H2. The third kappa shape index (κ3) is 2.37. The van der Waals surface area contributed by atoms with Crippen molar-refractivity contribution in [2.24, 2.45) is 10.9 Å². The lowest BCUT2D eigenvalue weighted by atomic mass is 10.4. The van der Waals surface area contributed by atoms with Crippen molar-refractivity contribution < 1.29 is 9.13 Å². The lowest BCUT2D eigenvalue weighted by molar-refractivity contribution is 0.269. The van der Waals surface area contributed by atoms with Gasteiger partial charge in [-0.25, -0.2) is 4.99 Å². The molecule has 1 N–H and O–H groups in total. The van der Waals surface area contributed by atoms with Gasteiger partial charge in [0.2, 0.25) is 5.83 Å². The normalized spacial score (nSPS) is 24.8. The van der Waals surface area contributed by atoms with E-state index < -0.39 is 0 Å². The van der Waals surface area contributed by atoms with Crippen molar-refractivity contribution in [1.29, 1.82) is 0 Å². The van der Waals surface area contributed by atoms with Gasteiger partial charge in [-0.2, -0.15) is 4.39 Å². The summed E-state index contributed by atoms with van der Waals surface area (Å²) in [6.45, 7) is 2.87. The van der Waals surface area contributed by atoms with E-state index in [-0.39, 0.29) is 11.7 Å². The van der Waals surface area contributed by atoms with E-state index >= 15 is 0 Å². The minimum Gasteiger partial charge on any atom is -0.475 e. The molecule has 2 heterocycles. The van der Waals surface area contributed by atoms with Gasteiger partial charge < -0.3 is 15.0 Å². The highest BCUT2D eigenvalue weighted by Crippen LogP contribution is 2.29. The van der Waals surface area contributed by atoms with Crippen LogP contribution in [0, 0.1) is 5.92 Å². The second kappa shape index (κ2) is 4.55. The van der Waals surface area contributed by atoms with Gasteiger partial charge in [-0.05, 0) is 31.6 Å². The molecule has 0 aromatic heterocycles. The molecule has 0 unspecified atom stereocenters. The van der Waals surface area contributed by atoms with Crippen LogP contribution >= 0.6 is 0 Å². The quantitative estimate of drug-likeness (QED) is 0.813. The Labute approximate surface area is 101 Å². The molecule has 5 heteroatoms. The van der Waals surface area contributed by atoms with Crippen LogP contribution in [0.15, 0.2) is 16.6 Å². The molecule has 3 aliphatic rings. The number of hydrogen-bond acceptors (Lipinski definition) is 4. The number of rotatable bonds is 3. The van der Waals surface area contributed by atoms with E-state index in [1.54, 1.807) is 0 Å². The molecule has 3 rings (SSSR count). The van der Waals surface area contributed by atoms with E-state index in [1.807, 2.05) is 4.90 Å². The van der Waals surface area contributed by atoms with Crippen molar-refractivity contribution in [3.8, 4) is 0 Å². The zero-order valence-corrected chi connectivity index (χ0v) is 9.91. The van der Waals surface area contributed by atoms with E-state index in [1.165, 1.54) is 12.8 Å². The summed E-state index contributed by atoms with van der Waals surface area (Å²) in [5, 5.41) is 3.01. The maximum atomic E-state index is 14.2. The van der Waals surface area contributed by atoms with Gasteiger partial charge in [0.15, 0.2) is 0 Å². The average molecular weight is 239 g/mol. The first-order valence-corrected chi connectivity index (χ1v) is 6.41. The Morgan fingerprint density at radius 3 is 2.82 bits per heavy atom. The van der Waals surface area contributed by atoms with Crippen LogP contribution in [0.25, 0.3) is 0 Å². The van der Waals surface area contributed by atoms with Crippen LogP contribution in [0.3, 0.4) is 0 Å². The maximum absolute atomic E-state index is 14.2. The summed E-state index contributed by atoms with van der Waals surface area (Å²) in [4.78, 5) is 6.10. The minimum atomic E-state index is -0.321. The molecule has 94 valence electrons. The smallest absolute Gasteiger partial charge is 0.251 e. The molecule has 0 amide bonds. The third-order valence-electron chi connectivity index (χ3n) is 3.44. The molecular formula is C12H18FN3O. The summed E-state index contributed by atoms with van der Waals surface area (Å²) >= 11 is 0. The van der Waals surface area contributed by atoms with Crippen molar-refractivity contribution in [3.63, 3.8) is 0 Å². The summed E-state index contributed by atoms with van der Waals surface area (Å²) in [5.41, 5.74) is 0. The molecule has 0 aromatic rings. The van der Waals surface area contributed by atoms with Gasteiger partial charge in [0, 0.05) is 13.1 Å². The summed E-state index contributed by atoms with van der Waals surface area (Å²) in [6, 6.07) is 0. The van der Waals surface area contributed by atoms with Gasteiger partial charge >= 0.3 is 0 Å². The molecule has 0 aromatic carbocycles. The topological polar surface area (TPSA) is 36.9 Å². The van der Waals surface area contributed by atoms with Crippen LogP contribution in [0.5, 0.6) is 0 Å². The monoisotopic (exact) mass is 239 g/mol. The molecule has 0 spiro atoms. The number of aliphatic imine (C=N–C) groups is 1. The molecule has 2 aliphatic heterocycles. The van der Waals surface area contributed by atoms with Crippen LogP contribution < -0.4 is 5.32 Å². The van der Waals surface area contributed by atoms with Gasteiger partial charge in [-0.3, -0.25) is 0 Å². The van der Waals surface area contributed by atoms with Gasteiger partial charge in [-0.1, -0.05) is 0 Å². The molecule has 1 saturated heterocycles. The number of ether oxygens (including phenoxy) is 1. The zero-order chi connectivity index (χ0) is 11.7. The Morgan fingerprint density at radius 1 is 1.35 bits per heavy atom. The molecular weight excluding hydrogens is 221 g/mol. The zero-order valence-electron chi connectivity index (χ0n) is 9.91. The number of halogens is 1. The van der Waals surface area contributed by atoms with Crippen LogP contribution in [-0.4, -0.2) is 37.2 Å². The predicted molar refractivity (Wildman–Crippen MR) is 63.1 cm³/mol. The molecule has 1 saturated carbocycles. The lowest BCUT2D eigenvalue weighted by Gasteiger charge is -2.25. The van der Waals surface area contributed by atoms with E-state index in [4.69, 9.17) is 4.74 Å². The Hall–Kier alpha value is -1.26. The number of hydrogen-bond donors (Lipinski definition) is 1. The van der Waals surface area contributed by atoms with Crippen molar-refractivity contribution >= 4 is 5.90 Å². The van der Waals surface area contributed by atoms with Crippen LogP contribution in [0.1, 0.15) is 25.7 Å². The molecule has 0 radical (unpaired) electrons. The van der Waals surface area contributed by atoms with Gasteiger partial charge in [0.05, 0.1) is 6.61 Å². The fourth-order valence-electron chi connectivity index (χ4n) is 2.22. The summed E-state index contributed by atoms with van der Waals surface area (Å²) in [7, 11) is 0. The summed E-state index contributed by atoms with van der Waals surface area (Å²) in [6.07, 6.45) is 4.67. The van der Waals surface area contributed by atoms with E-state index in [0.29, 0.717) is 25.0 Å². The van der Waals surface area contributed by atoms with E-state index in [9.17, 15) is 4.39 Å². The molecule has 0 bridgehead atoms. The summed E-state index contributed by atoms with van der Waals surface area (Å²) in [5.74, 6) is 1.07. The highest BCUT2D eigenvalue weighted by Gasteiger charge is 2.28. The van der Waals surface area contributed by atoms with Gasteiger partial charge in [0.25, 0.3) is 5.90 Å². The fraction of sp³-hybridized carbons (Fsp3) is 0.750. The highest BCUT2D eigenvalue weighted by molar-refractivity contribution is 5.92. The van der Waals surface area contributed by atoms with Gasteiger partial charge in [-0.15, -0.1) is 0 Å². The molecule has 2 fully saturated rings. The Bertz CT molecular complexity index is 357. The Balaban J connectivity index is 1.68. The first-order valence-electron chi connectivity index (χ1n) is 6.41. The molecule has 0 atom stereocenters. The fourth-order valence-corrected chi connectivity index (χ4v) is 2.22. The lowest BCUT2D eigenvalue weighted by Crippen LogP contribution is -2.35. The first-order chi connectivity index (χ1) is 8.34. The SMILES string of the molecule is FC1=C(N2CCCC2)NCN=C1OCC1CC1. The van der Waals surface area contributed by atoms with E-state index in [2.05, 4.69) is 10.3 Å². The largest absolute Gasteiger partial charge is 0.475 e. The number of likely N-dealkylation sites (tertiary alicyclic amines) is 1. The molecule has 4 nitrogen and oxygen atoms in total. The maximum Gasteiger partial charge on any atom is 0.251 e. The van der Waals surface area contributed by atoms with Crippen LogP contribution in [-0.2, 0) is 4.74 Å². The van der Waals surface area contributed by atoms with Crippen molar-refractivity contribution in [1.82, 2.24) is 10.2 Å². The summed E-state index contributed by atoms with van der Waals surface area (Å²) < 4.78 is 19.6. The average Bonchev–Trinajstić information content (AvgIpc) is 3.01. The van der Waals surface area contributed by atoms with Gasteiger partial charge in [0.1, 0.15) is 12.5 Å². The Morgan fingerprint density at radius 2 is 2.12 bits per heavy atom. The number of nitrogens with one attached hydrogen (secondary N) is 1. The second-order valence-corrected chi connectivity index (χ2v) is 4.91. The van der Waals surface area contributed by atoms with Crippen LogP contribution in [0.2, 0.25) is 0 Å². The minimum absolute atomic E-state index is 0.192. The molecule has 17 heavy (non-hydrogen) atoms. The second-order valence-electron chi connectivity index (χ2n) is 4.91. The van der Waals surface area contributed by atoms with Crippen molar-refractivity contribution in [2.75, 3.05) is 26.4 Å². The first kappa shape index (κ1) is 10.9. The molecule has 1 aliphatic carbocycles.